The van der Waals surface area contributed by atoms with Crippen LogP contribution in [0.25, 0.3) is 0 Å². The van der Waals surface area contributed by atoms with Crippen LogP contribution in [-0.2, 0) is 6.54 Å². The Balaban J connectivity index is 2.07. The Bertz CT molecular complexity index is 564. The summed E-state index contributed by atoms with van der Waals surface area (Å²) in [5, 5.41) is 0. The van der Waals surface area contributed by atoms with Gasteiger partial charge in [0.05, 0.1) is 5.56 Å². The maximum absolute atomic E-state index is 12.2. The number of carbonyl (C=O) groups is 1. The first kappa shape index (κ1) is 13.7. The predicted molar refractivity (Wildman–Crippen MR) is 78.9 cm³/mol. The molecule has 2 rings (SSSR count). The average molecular weight is 319 g/mol. The fourth-order valence-corrected chi connectivity index (χ4v) is 2.00. The molecule has 0 saturated heterocycles. The first-order chi connectivity index (χ1) is 9.06. The Morgan fingerprint density at radius 2 is 1.89 bits per heavy atom. The van der Waals surface area contributed by atoms with Gasteiger partial charge in [0.2, 0.25) is 0 Å². The minimum Gasteiger partial charge on any atom is -0.337 e. The maximum Gasteiger partial charge on any atom is 0.255 e. The van der Waals surface area contributed by atoms with Gasteiger partial charge in [0.1, 0.15) is 4.60 Å². The van der Waals surface area contributed by atoms with E-state index >= 15 is 0 Å². The molecule has 1 aromatic heterocycles. The van der Waals surface area contributed by atoms with Gasteiger partial charge in [0.15, 0.2) is 0 Å². The van der Waals surface area contributed by atoms with Crippen LogP contribution >= 0.6 is 15.9 Å². The molecular formula is C15H15BrN2O. The Morgan fingerprint density at radius 3 is 2.47 bits per heavy atom. The third kappa shape index (κ3) is 3.64. The molecule has 4 heteroatoms. The van der Waals surface area contributed by atoms with Gasteiger partial charge in [0.25, 0.3) is 5.91 Å². The van der Waals surface area contributed by atoms with Gasteiger partial charge in [-0.1, -0.05) is 29.8 Å². The summed E-state index contributed by atoms with van der Waals surface area (Å²) >= 11 is 3.26. The van der Waals surface area contributed by atoms with Crippen molar-refractivity contribution in [3.63, 3.8) is 0 Å². The highest BCUT2D eigenvalue weighted by atomic mass is 79.9. The van der Waals surface area contributed by atoms with E-state index in [9.17, 15) is 4.79 Å². The van der Waals surface area contributed by atoms with E-state index in [2.05, 4.69) is 33.0 Å². The van der Waals surface area contributed by atoms with Gasteiger partial charge in [-0.25, -0.2) is 4.98 Å². The van der Waals surface area contributed by atoms with Crippen molar-refractivity contribution in [1.82, 2.24) is 9.88 Å². The van der Waals surface area contributed by atoms with Crippen LogP contribution < -0.4 is 0 Å². The lowest BCUT2D eigenvalue weighted by Gasteiger charge is -2.17. The maximum atomic E-state index is 12.2. The summed E-state index contributed by atoms with van der Waals surface area (Å²) in [6.07, 6.45) is 1.58. The van der Waals surface area contributed by atoms with E-state index in [0.717, 1.165) is 10.2 Å². The standard InChI is InChI=1S/C15H15BrN2O/c1-11-3-5-12(6-4-11)10-18(2)15(19)13-7-8-14(16)17-9-13/h3-9H,10H2,1-2H3. The molecule has 1 amide bonds. The lowest BCUT2D eigenvalue weighted by molar-refractivity contribution is 0.0784. The van der Waals surface area contributed by atoms with Gasteiger partial charge in [-0.3, -0.25) is 4.79 Å². The van der Waals surface area contributed by atoms with Gasteiger partial charge in [-0.05, 0) is 40.5 Å². The summed E-state index contributed by atoms with van der Waals surface area (Å²) in [7, 11) is 1.80. The number of hydrogen-bond donors (Lipinski definition) is 0. The minimum atomic E-state index is -0.0272. The van der Waals surface area contributed by atoms with Crippen LogP contribution in [0.2, 0.25) is 0 Å². The molecule has 0 bridgehead atoms. The number of nitrogens with zero attached hydrogens (tertiary/aromatic N) is 2. The number of halogens is 1. The normalized spacial score (nSPS) is 10.3. The second-order valence-corrected chi connectivity index (χ2v) is 5.33. The number of aromatic nitrogens is 1. The van der Waals surface area contributed by atoms with Crippen molar-refractivity contribution in [2.75, 3.05) is 7.05 Å². The molecule has 0 spiro atoms. The van der Waals surface area contributed by atoms with Crippen molar-refractivity contribution in [1.29, 1.82) is 0 Å². The number of pyridine rings is 1. The summed E-state index contributed by atoms with van der Waals surface area (Å²) < 4.78 is 0.727. The molecule has 98 valence electrons. The van der Waals surface area contributed by atoms with E-state index < -0.39 is 0 Å². The van der Waals surface area contributed by atoms with Crippen LogP contribution in [0.4, 0.5) is 0 Å². The molecule has 0 aliphatic rings. The number of hydrogen-bond acceptors (Lipinski definition) is 2. The highest BCUT2D eigenvalue weighted by molar-refractivity contribution is 9.10. The molecule has 1 heterocycles. The van der Waals surface area contributed by atoms with Crippen LogP contribution in [0.3, 0.4) is 0 Å². The molecule has 0 fully saturated rings. The van der Waals surface area contributed by atoms with Gasteiger partial charge in [-0.2, -0.15) is 0 Å². The Kier molecular flexibility index (Phi) is 4.32. The highest BCUT2D eigenvalue weighted by Gasteiger charge is 2.12. The van der Waals surface area contributed by atoms with Gasteiger partial charge in [-0.15, -0.1) is 0 Å². The second-order valence-electron chi connectivity index (χ2n) is 4.52. The molecule has 0 atom stereocenters. The van der Waals surface area contributed by atoms with Crippen LogP contribution in [0.5, 0.6) is 0 Å². The van der Waals surface area contributed by atoms with Crippen molar-refractivity contribution in [3.05, 3.63) is 63.9 Å². The molecular weight excluding hydrogens is 304 g/mol. The fourth-order valence-electron chi connectivity index (χ4n) is 1.76. The first-order valence-corrected chi connectivity index (χ1v) is 6.78. The number of benzene rings is 1. The number of amides is 1. The zero-order chi connectivity index (χ0) is 13.8. The number of carbonyl (C=O) groups excluding carboxylic acids is 1. The lowest BCUT2D eigenvalue weighted by atomic mass is 10.1. The molecule has 0 unspecified atom stereocenters. The first-order valence-electron chi connectivity index (χ1n) is 5.99. The molecule has 0 radical (unpaired) electrons. The SMILES string of the molecule is Cc1ccc(CN(C)C(=O)c2ccc(Br)nc2)cc1. The summed E-state index contributed by atoms with van der Waals surface area (Å²) in [5.41, 5.74) is 2.93. The third-order valence-electron chi connectivity index (χ3n) is 2.86. The summed E-state index contributed by atoms with van der Waals surface area (Å²) in [5.74, 6) is -0.0272. The van der Waals surface area contributed by atoms with Gasteiger partial charge < -0.3 is 4.90 Å². The fraction of sp³-hybridized carbons (Fsp3) is 0.200. The van der Waals surface area contributed by atoms with Crippen molar-refractivity contribution in [3.8, 4) is 0 Å². The zero-order valence-corrected chi connectivity index (χ0v) is 12.5. The van der Waals surface area contributed by atoms with E-state index in [1.807, 2.05) is 19.1 Å². The molecule has 3 nitrogen and oxygen atoms in total. The predicted octanol–water partition coefficient (Wildman–Crippen LogP) is 3.42. The number of rotatable bonds is 3. The Labute approximate surface area is 121 Å². The monoisotopic (exact) mass is 318 g/mol. The second kappa shape index (κ2) is 5.97. The Morgan fingerprint density at radius 1 is 1.21 bits per heavy atom. The van der Waals surface area contributed by atoms with Crippen molar-refractivity contribution in [2.24, 2.45) is 0 Å². The molecule has 0 N–H and O–H groups in total. The topological polar surface area (TPSA) is 33.2 Å². The molecule has 1 aromatic carbocycles. The van der Waals surface area contributed by atoms with Crippen LogP contribution in [0.1, 0.15) is 21.5 Å². The summed E-state index contributed by atoms with van der Waals surface area (Å²) in [4.78, 5) is 18.0. The average Bonchev–Trinajstić information content (AvgIpc) is 2.41. The van der Waals surface area contributed by atoms with Crippen LogP contribution in [0.15, 0.2) is 47.2 Å². The highest BCUT2D eigenvalue weighted by Crippen LogP contribution is 2.11. The van der Waals surface area contributed by atoms with Gasteiger partial charge in [0, 0.05) is 19.8 Å². The smallest absolute Gasteiger partial charge is 0.255 e. The van der Waals surface area contributed by atoms with E-state index in [-0.39, 0.29) is 5.91 Å². The largest absolute Gasteiger partial charge is 0.337 e. The quantitative estimate of drug-likeness (QED) is 0.812. The minimum absolute atomic E-state index is 0.0272. The zero-order valence-electron chi connectivity index (χ0n) is 10.9. The van der Waals surface area contributed by atoms with E-state index in [0.29, 0.717) is 12.1 Å². The van der Waals surface area contributed by atoms with Crippen molar-refractivity contribution >= 4 is 21.8 Å². The molecule has 0 saturated carbocycles. The van der Waals surface area contributed by atoms with E-state index in [1.54, 1.807) is 30.3 Å². The third-order valence-corrected chi connectivity index (χ3v) is 3.33. The van der Waals surface area contributed by atoms with Crippen molar-refractivity contribution < 1.29 is 4.79 Å². The van der Waals surface area contributed by atoms with Gasteiger partial charge >= 0.3 is 0 Å². The Hall–Kier alpha value is -1.68. The molecule has 19 heavy (non-hydrogen) atoms. The van der Waals surface area contributed by atoms with Crippen molar-refractivity contribution in [2.45, 2.75) is 13.5 Å². The number of aryl methyl sites for hydroxylation is 1. The molecule has 2 aromatic rings. The molecule has 0 aliphatic heterocycles. The van der Waals surface area contributed by atoms with E-state index in [4.69, 9.17) is 0 Å². The van der Waals surface area contributed by atoms with Crippen LogP contribution in [0, 0.1) is 6.92 Å². The summed E-state index contributed by atoms with van der Waals surface area (Å²) in [6, 6.07) is 11.7. The summed E-state index contributed by atoms with van der Waals surface area (Å²) in [6.45, 7) is 2.64. The van der Waals surface area contributed by atoms with E-state index in [1.165, 1.54) is 5.56 Å². The molecule has 0 aliphatic carbocycles. The lowest BCUT2D eigenvalue weighted by Crippen LogP contribution is -2.26. The van der Waals surface area contributed by atoms with Crippen LogP contribution in [-0.4, -0.2) is 22.8 Å².